The third-order valence-electron chi connectivity index (χ3n) is 2.21. The van der Waals surface area contributed by atoms with Crippen molar-refractivity contribution in [2.24, 2.45) is 5.16 Å². The molecule has 3 nitrogen and oxygen atoms in total. The summed E-state index contributed by atoms with van der Waals surface area (Å²) in [6, 6.07) is 7.89. The maximum Gasteiger partial charge on any atom is 0.0867 e. The van der Waals surface area contributed by atoms with Gasteiger partial charge in [0.05, 0.1) is 12.3 Å². The molecule has 15 heavy (non-hydrogen) atoms. The predicted octanol–water partition coefficient (Wildman–Crippen LogP) is 2.81. The minimum absolute atomic E-state index is 0.611. The number of ether oxygens (including phenoxy) is 1. The summed E-state index contributed by atoms with van der Waals surface area (Å²) in [5.41, 5.74) is 2.83. The number of methoxy groups -OCH3 is 1. The Hall–Kier alpha value is -1.35. The number of hydrogen-bond acceptors (Lipinski definition) is 3. The summed E-state index contributed by atoms with van der Waals surface area (Å²) in [7, 11) is 1.67. The number of hydrogen-bond donors (Lipinski definition) is 1. The molecule has 0 aliphatic rings. The van der Waals surface area contributed by atoms with Gasteiger partial charge in [0.15, 0.2) is 0 Å². The van der Waals surface area contributed by atoms with Crippen molar-refractivity contribution in [3.63, 3.8) is 0 Å². The number of rotatable bonds is 5. The van der Waals surface area contributed by atoms with Crippen LogP contribution in [0.2, 0.25) is 0 Å². The molecule has 0 aliphatic heterocycles. The van der Waals surface area contributed by atoms with Crippen molar-refractivity contribution >= 4 is 5.71 Å². The summed E-state index contributed by atoms with van der Waals surface area (Å²) >= 11 is 0. The Morgan fingerprint density at radius 1 is 1.33 bits per heavy atom. The van der Waals surface area contributed by atoms with E-state index < -0.39 is 0 Å². The van der Waals surface area contributed by atoms with Crippen LogP contribution in [0.15, 0.2) is 29.4 Å². The lowest BCUT2D eigenvalue weighted by Crippen LogP contribution is -2.00. The van der Waals surface area contributed by atoms with Crippen LogP contribution in [-0.2, 0) is 11.3 Å². The Kier molecular flexibility index (Phi) is 4.84. The lowest BCUT2D eigenvalue weighted by atomic mass is 10.0. The van der Waals surface area contributed by atoms with E-state index in [9.17, 15) is 0 Å². The Labute approximate surface area is 90.4 Å². The summed E-state index contributed by atoms with van der Waals surface area (Å²) < 4.78 is 5.02. The fraction of sp³-hybridized carbons (Fsp3) is 0.417. The van der Waals surface area contributed by atoms with Crippen LogP contribution in [0.4, 0.5) is 0 Å². The van der Waals surface area contributed by atoms with Gasteiger partial charge < -0.3 is 9.94 Å². The van der Waals surface area contributed by atoms with Crippen molar-refractivity contribution in [3.8, 4) is 0 Å². The van der Waals surface area contributed by atoms with Gasteiger partial charge in [-0.05, 0) is 17.5 Å². The topological polar surface area (TPSA) is 41.8 Å². The molecular formula is C12H17NO2. The van der Waals surface area contributed by atoms with Gasteiger partial charge in [0.2, 0.25) is 0 Å². The minimum Gasteiger partial charge on any atom is -0.411 e. The molecule has 0 bridgehead atoms. The van der Waals surface area contributed by atoms with E-state index in [-0.39, 0.29) is 0 Å². The second kappa shape index (κ2) is 6.19. The molecule has 1 N–H and O–H groups in total. The van der Waals surface area contributed by atoms with Gasteiger partial charge in [-0.25, -0.2) is 0 Å². The highest BCUT2D eigenvalue weighted by Crippen LogP contribution is 2.09. The van der Waals surface area contributed by atoms with E-state index >= 15 is 0 Å². The largest absolute Gasteiger partial charge is 0.411 e. The molecule has 0 saturated heterocycles. The zero-order valence-electron chi connectivity index (χ0n) is 9.23. The van der Waals surface area contributed by atoms with Gasteiger partial charge in [0.1, 0.15) is 0 Å². The van der Waals surface area contributed by atoms with Crippen molar-refractivity contribution < 1.29 is 9.94 Å². The molecule has 82 valence electrons. The van der Waals surface area contributed by atoms with Gasteiger partial charge in [-0.1, -0.05) is 42.8 Å². The molecular weight excluding hydrogens is 190 g/mol. The molecule has 0 saturated carbocycles. The van der Waals surface area contributed by atoms with Gasteiger partial charge in [-0.15, -0.1) is 0 Å². The number of oxime groups is 1. The summed E-state index contributed by atoms with van der Waals surface area (Å²) in [5, 5.41) is 12.2. The molecule has 1 aromatic carbocycles. The highest BCUT2D eigenvalue weighted by atomic mass is 16.5. The van der Waals surface area contributed by atoms with Crippen molar-refractivity contribution in [3.05, 3.63) is 35.4 Å². The van der Waals surface area contributed by atoms with Crippen LogP contribution in [0.3, 0.4) is 0 Å². The monoisotopic (exact) mass is 207 g/mol. The average molecular weight is 207 g/mol. The molecule has 0 unspecified atom stereocenters. The molecule has 0 amide bonds. The second-order valence-corrected chi connectivity index (χ2v) is 3.43. The number of nitrogens with zero attached hydrogens (tertiary/aromatic N) is 1. The minimum atomic E-state index is 0.611. The molecule has 0 atom stereocenters. The van der Waals surface area contributed by atoms with Crippen LogP contribution in [0.1, 0.15) is 30.9 Å². The van der Waals surface area contributed by atoms with Crippen LogP contribution < -0.4 is 0 Å². The summed E-state index contributed by atoms with van der Waals surface area (Å²) in [5.74, 6) is 0. The fourth-order valence-corrected chi connectivity index (χ4v) is 1.45. The third kappa shape index (κ3) is 3.36. The van der Waals surface area contributed by atoms with E-state index in [2.05, 4.69) is 12.1 Å². The molecule has 3 heteroatoms. The van der Waals surface area contributed by atoms with Crippen molar-refractivity contribution in [1.29, 1.82) is 0 Å². The first-order chi connectivity index (χ1) is 7.31. The molecule has 1 aromatic rings. The van der Waals surface area contributed by atoms with E-state index in [0.717, 1.165) is 29.7 Å². The highest BCUT2D eigenvalue weighted by molar-refractivity contribution is 6.00. The average Bonchev–Trinajstić information content (AvgIpc) is 2.28. The molecule has 0 aliphatic carbocycles. The zero-order chi connectivity index (χ0) is 11.1. The van der Waals surface area contributed by atoms with E-state index in [4.69, 9.17) is 9.94 Å². The Bertz CT molecular complexity index is 317. The van der Waals surface area contributed by atoms with Gasteiger partial charge >= 0.3 is 0 Å². The highest BCUT2D eigenvalue weighted by Gasteiger charge is 2.02. The normalized spacial score (nSPS) is 11.7. The second-order valence-electron chi connectivity index (χ2n) is 3.43. The van der Waals surface area contributed by atoms with Crippen LogP contribution in [0, 0.1) is 0 Å². The van der Waals surface area contributed by atoms with E-state index in [1.807, 2.05) is 24.3 Å². The van der Waals surface area contributed by atoms with Crippen LogP contribution in [0.25, 0.3) is 0 Å². The van der Waals surface area contributed by atoms with Crippen LogP contribution in [-0.4, -0.2) is 18.0 Å². The van der Waals surface area contributed by atoms with E-state index in [1.165, 1.54) is 0 Å². The van der Waals surface area contributed by atoms with E-state index in [0.29, 0.717) is 6.61 Å². The van der Waals surface area contributed by atoms with Crippen LogP contribution in [0.5, 0.6) is 0 Å². The summed E-state index contributed by atoms with van der Waals surface area (Å²) in [6.45, 7) is 2.67. The maximum absolute atomic E-state index is 8.85. The third-order valence-corrected chi connectivity index (χ3v) is 2.21. The van der Waals surface area contributed by atoms with Gasteiger partial charge in [-0.3, -0.25) is 0 Å². The van der Waals surface area contributed by atoms with Gasteiger partial charge in [-0.2, -0.15) is 0 Å². The van der Waals surface area contributed by atoms with Gasteiger partial charge in [0, 0.05) is 7.11 Å². The molecule has 0 fully saturated rings. The first kappa shape index (κ1) is 11.7. The van der Waals surface area contributed by atoms with Crippen molar-refractivity contribution in [1.82, 2.24) is 0 Å². The van der Waals surface area contributed by atoms with Gasteiger partial charge in [0.25, 0.3) is 0 Å². The molecule has 1 rings (SSSR count). The first-order valence-corrected chi connectivity index (χ1v) is 5.11. The van der Waals surface area contributed by atoms with Crippen molar-refractivity contribution in [2.75, 3.05) is 7.11 Å². The quantitative estimate of drug-likeness (QED) is 0.458. The lowest BCUT2D eigenvalue weighted by molar-refractivity contribution is 0.185. The fourth-order valence-electron chi connectivity index (χ4n) is 1.45. The zero-order valence-corrected chi connectivity index (χ0v) is 9.23. The number of benzene rings is 1. The molecule has 0 heterocycles. The molecule has 0 spiro atoms. The van der Waals surface area contributed by atoms with E-state index in [1.54, 1.807) is 7.11 Å². The maximum atomic E-state index is 8.85. The molecule has 0 aromatic heterocycles. The summed E-state index contributed by atoms with van der Waals surface area (Å²) in [6.07, 6.45) is 1.76. The Balaban J connectivity index is 2.78. The van der Waals surface area contributed by atoms with Crippen LogP contribution >= 0.6 is 0 Å². The Morgan fingerprint density at radius 2 is 2.00 bits per heavy atom. The SMILES string of the molecule is CCC/C(=N\O)c1ccc(COC)cc1. The smallest absolute Gasteiger partial charge is 0.0867 e. The summed E-state index contributed by atoms with van der Waals surface area (Å²) in [4.78, 5) is 0. The first-order valence-electron chi connectivity index (χ1n) is 5.11. The van der Waals surface area contributed by atoms with Crippen molar-refractivity contribution in [2.45, 2.75) is 26.4 Å². The Morgan fingerprint density at radius 3 is 2.47 bits per heavy atom. The lowest BCUT2D eigenvalue weighted by Gasteiger charge is -2.04. The standard InChI is InChI=1S/C12H17NO2/c1-3-4-12(13-14)11-7-5-10(6-8-11)9-15-2/h5-8,14H,3-4,9H2,1-2H3/b13-12+. The predicted molar refractivity (Wildman–Crippen MR) is 60.4 cm³/mol. The molecule has 0 radical (unpaired) electrons.